The van der Waals surface area contributed by atoms with Crippen LogP contribution in [0.5, 0.6) is 0 Å². The zero-order valence-electron chi connectivity index (χ0n) is 8.40. The summed E-state index contributed by atoms with van der Waals surface area (Å²) in [6.07, 6.45) is 3.35. The fraction of sp³-hybridized carbons (Fsp3) is 0.222. The van der Waals surface area contributed by atoms with Crippen molar-refractivity contribution >= 4 is 5.82 Å². The quantitative estimate of drug-likeness (QED) is 0.754. The van der Waals surface area contributed by atoms with Gasteiger partial charge in [0.05, 0.1) is 17.5 Å². The molecule has 0 aliphatic carbocycles. The highest BCUT2D eigenvalue weighted by Crippen LogP contribution is 2.18. The van der Waals surface area contributed by atoms with E-state index in [4.69, 9.17) is 5.73 Å². The Hall–Kier alpha value is -1.98. The zero-order chi connectivity index (χ0) is 11.0. The van der Waals surface area contributed by atoms with E-state index in [1.54, 1.807) is 31.0 Å². The van der Waals surface area contributed by atoms with Gasteiger partial charge in [0.2, 0.25) is 0 Å². The molecule has 0 fully saturated rings. The second-order valence-corrected chi connectivity index (χ2v) is 3.23. The molecular weight excluding hydrogens is 197 g/mol. The summed E-state index contributed by atoms with van der Waals surface area (Å²) in [5.41, 5.74) is 6.36. The third-order valence-electron chi connectivity index (χ3n) is 2.01. The Morgan fingerprint density at radius 3 is 2.67 bits per heavy atom. The summed E-state index contributed by atoms with van der Waals surface area (Å²) < 4.78 is 14.8. The molecule has 0 radical (unpaired) electrons. The van der Waals surface area contributed by atoms with Crippen molar-refractivity contribution < 1.29 is 4.39 Å². The van der Waals surface area contributed by atoms with Crippen LogP contribution in [0.4, 0.5) is 10.2 Å². The molecule has 0 aliphatic heterocycles. The highest BCUT2D eigenvalue weighted by molar-refractivity contribution is 5.54. The maximum Gasteiger partial charge on any atom is 0.186 e. The van der Waals surface area contributed by atoms with Crippen molar-refractivity contribution in [2.75, 3.05) is 5.73 Å². The molecule has 15 heavy (non-hydrogen) atoms. The number of rotatable bonds is 1. The molecule has 78 valence electrons. The lowest BCUT2D eigenvalue weighted by Gasteiger charge is -2.02. The van der Waals surface area contributed by atoms with Crippen LogP contribution in [0.2, 0.25) is 0 Å². The second kappa shape index (κ2) is 3.30. The number of halogens is 1. The first-order valence-electron chi connectivity index (χ1n) is 4.36. The summed E-state index contributed by atoms with van der Waals surface area (Å²) in [5.74, 6) is -0.316. The smallest absolute Gasteiger partial charge is 0.186 e. The van der Waals surface area contributed by atoms with Gasteiger partial charge in [-0.25, -0.2) is 14.4 Å². The van der Waals surface area contributed by atoms with E-state index < -0.39 is 5.82 Å². The van der Waals surface area contributed by atoms with Gasteiger partial charge in [-0.2, -0.15) is 5.10 Å². The van der Waals surface area contributed by atoms with Crippen LogP contribution in [0.3, 0.4) is 0 Å². The van der Waals surface area contributed by atoms with Gasteiger partial charge in [-0.1, -0.05) is 0 Å². The summed E-state index contributed by atoms with van der Waals surface area (Å²) >= 11 is 0. The lowest BCUT2D eigenvalue weighted by Crippen LogP contribution is -2.02. The van der Waals surface area contributed by atoms with E-state index >= 15 is 0 Å². The SMILES string of the molecule is Cc1nc(-c2cnn(C)c2)nc(N)c1F. The minimum atomic E-state index is -0.567. The molecule has 0 spiro atoms. The number of nitrogen functional groups attached to an aromatic ring is 1. The number of hydrogen-bond acceptors (Lipinski definition) is 4. The average molecular weight is 207 g/mol. The van der Waals surface area contributed by atoms with Gasteiger partial charge in [0.25, 0.3) is 0 Å². The van der Waals surface area contributed by atoms with Gasteiger partial charge in [-0.3, -0.25) is 4.68 Å². The van der Waals surface area contributed by atoms with Crippen LogP contribution in [0.1, 0.15) is 5.69 Å². The molecule has 2 aromatic rings. The molecule has 0 saturated carbocycles. The first-order valence-corrected chi connectivity index (χ1v) is 4.36. The number of nitrogens with zero attached hydrogens (tertiary/aromatic N) is 4. The Balaban J connectivity index is 2.55. The fourth-order valence-corrected chi connectivity index (χ4v) is 1.25. The van der Waals surface area contributed by atoms with E-state index in [0.717, 1.165) is 0 Å². The standard InChI is InChI=1S/C9H10FN5/c1-5-7(10)8(11)14-9(13-5)6-3-12-15(2)4-6/h3-4H,1-2H3,(H2,11,13,14). The highest BCUT2D eigenvalue weighted by Gasteiger charge is 2.10. The molecule has 0 unspecified atom stereocenters. The third-order valence-corrected chi connectivity index (χ3v) is 2.01. The third kappa shape index (κ3) is 1.65. The molecule has 2 aromatic heterocycles. The topological polar surface area (TPSA) is 69.6 Å². The van der Waals surface area contributed by atoms with Crippen molar-refractivity contribution in [3.8, 4) is 11.4 Å². The first-order chi connectivity index (χ1) is 7.08. The molecule has 2 heterocycles. The van der Waals surface area contributed by atoms with Gasteiger partial charge >= 0.3 is 0 Å². The van der Waals surface area contributed by atoms with E-state index in [1.807, 2.05) is 0 Å². The second-order valence-electron chi connectivity index (χ2n) is 3.23. The van der Waals surface area contributed by atoms with Crippen molar-refractivity contribution in [1.29, 1.82) is 0 Å². The van der Waals surface area contributed by atoms with Gasteiger partial charge < -0.3 is 5.73 Å². The lowest BCUT2D eigenvalue weighted by atomic mass is 10.3. The predicted octanol–water partition coefficient (Wildman–Crippen LogP) is 0.907. The predicted molar refractivity (Wildman–Crippen MR) is 53.3 cm³/mol. The van der Waals surface area contributed by atoms with E-state index in [9.17, 15) is 4.39 Å². The van der Waals surface area contributed by atoms with Crippen molar-refractivity contribution in [1.82, 2.24) is 19.7 Å². The van der Waals surface area contributed by atoms with Crippen LogP contribution in [-0.4, -0.2) is 19.7 Å². The maximum atomic E-state index is 13.2. The molecule has 0 saturated heterocycles. The monoisotopic (exact) mass is 207 g/mol. The van der Waals surface area contributed by atoms with Crippen LogP contribution >= 0.6 is 0 Å². The van der Waals surface area contributed by atoms with Crippen molar-refractivity contribution in [3.05, 3.63) is 23.9 Å². The normalized spacial score (nSPS) is 10.6. The average Bonchev–Trinajstić information content (AvgIpc) is 2.60. The minimum Gasteiger partial charge on any atom is -0.381 e. The Morgan fingerprint density at radius 1 is 1.40 bits per heavy atom. The Bertz CT molecular complexity index is 482. The number of nitrogens with two attached hydrogens (primary N) is 1. The largest absolute Gasteiger partial charge is 0.381 e. The van der Waals surface area contributed by atoms with Gasteiger partial charge in [0.1, 0.15) is 0 Å². The number of aromatic nitrogens is 4. The summed E-state index contributed by atoms with van der Waals surface area (Å²) in [4.78, 5) is 7.85. The highest BCUT2D eigenvalue weighted by atomic mass is 19.1. The Morgan fingerprint density at radius 2 is 2.13 bits per heavy atom. The fourth-order valence-electron chi connectivity index (χ4n) is 1.25. The Kier molecular flexibility index (Phi) is 2.11. The van der Waals surface area contributed by atoms with E-state index in [0.29, 0.717) is 11.4 Å². The minimum absolute atomic E-state index is 0.138. The summed E-state index contributed by atoms with van der Waals surface area (Å²) in [6.45, 7) is 1.55. The van der Waals surface area contributed by atoms with Crippen molar-refractivity contribution in [3.63, 3.8) is 0 Å². The van der Waals surface area contributed by atoms with E-state index in [-0.39, 0.29) is 11.5 Å². The molecule has 0 bridgehead atoms. The van der Waals surface area contributed by atoms with E-state index in [2.05, 4.69) is 15.1 Å². The van der Waals surface area contributed by atoms with Crippen LogP contribution in [0.25, 0.3) is 11.4 Å². The number of anilines is 1. The molecule has 0 aromatic carbocycles. The van der Waals surface area contributed by atoms with E-state index in [1.165, 1.54) is 0 Å². The first kappa shape index (κ1) is 9.57. The van der Waals surface area contributed by atoms with Crippen LogP contribution in [0, 0.1) is 12.7 Å². The lowest BCUT2D eigenvalue weighted by molar-refractivity contribution is 0.608. The Labute approximate surface area is 85.8 Å². The van der Waals surface area contributed by atoms with Crippen molar-refractivity contribution in [2.45, 2.75) is 6.92 Å². The summed E-state index contributed by atoms with van der Waals surface area (Å²) in [6, 6.07) is 0. The van der Waals surface area contributed by atoms with Crippen LogP contribution in [0.15, 0.2) is 12.4 Å². The molecular formula is C9H10FN5. The number of hydrogen-bond donors (Lipinski definition) is 1. The molecule has 2 rings (SSSR count). The van der Waals surface area contributed by atoms with Gasteiger partial charge in [-0.15, -0.1) is 0 Å². The van der Waals surface area contributed by atoms with Gasteiger partial charge in [-0.05, 0) is 6.92 Å². The van der Waals surface area contributed by atoms with Gasteiger partial charge in [0, 0.05) is 13.2 Å². The maximum absolute atomic E-state index is 13.2. The summed E-state index contributed by atoms with van der Waals surface area (Å²) in [7, 11) is 1.78. The molecule has 0 aliphatic rings. The molecule has 5 nitrogen and oxygen atoms in total. The van der Waals surface area contributed by atoms with Crippen LogP contribution in [-0.2, 0) is 7.05 Å². The molecule has 0 atom stereocenters. The molecule has 0 amide bonds. The molecule has 6 heteroatoms. The number of aryl methyl sites for hydroxylation is 2. The van der Waals surface area contributed by atoms with Gasteiger partial charge in [0.15, 0.2) is 17.5 Å². The zero-order valence-corrected chi connectivity index (χ0v) is 8.40. The van der Waals surface area contributed by atoms with Crippen molar-refractivity contribution in [2.24, 2.45) is 7.05 Å². The summed E-state index contributed by atoms with van der Waals surface area (Å²) in [5, 5.41) is 3.98. The molecule has 2 N–H and O–H groups in total. The van der Waals surface area contributed by atoms with Crippen LogP contribution < -0.4 is 5.73 Å².